The predicted octanol–water partition coefficient (Wildman–Crippen LogP) is 4.41. The van der Waals surface area contributed by atoms with Gasteiger partial charge in [-0.1, -0.05) is 6.58 Å². The van der Waals surface area contributed by atoms with Crippen LogP contribution in [0.2, 0.25) is 0 Å². The zero-order chi connectivity index (χ0) is 13.6. The van der Waals surface area contributed by atoms with Gasteiger partial charge in [-0.15, -0.1) is 0 Å². The Morgan fingerprint density at radius 1 is 1.41 bits per heavy atom. The molecule has 0 aromatic rings. The van der Waals surface area contributed by atoms with Crippen LogP contribution in [0.1, 0.15) is 27.2 Å². The summed E-state index contributed by atoms with van der Waals surface area (Å²) in [4.78, 5) is 0. The number of azo groups is 1. The molecule has 3 nitrogen and oxygen atoms in total. The first kappa shape index (κ1) is 15.5. The normalized spacial score (nSPS) is 15.1. The molecule has 0 saturated heterocycles. The van der Waals surface area contributed by atoms with Gasteiger partial charge in [0.25, 0.3) is 5.92 Å². The summed E-state index contributed by atoms with van der Waals surface area (Å²) in [7, 11) is 1.51. The number of hydrogen-bond acceptors (Lipinski definition) is 3. The Morgan fingerprint density at radius 2 is 1.94 bits per heavy atom. The van der Waals surface area contributed by atoms with Gasteiger partial charge in [-0.05, 0) is 31.9 Å². The minimum absolute atomic E-state index is 0.0218. The van der Waals surface area contributed by atoms with Crippen LogP contribution in [0.3, 0.4) is 0 Å². The molecule has 1 N–H and O–H groups in total. The van der Waals surface area contributed by atoms with Crippen molar-refractivity contribution in [3.05, 3.63) is 35.3 Å². The van der Waals surface area contributed by atoms with Gasteiger partial charge >= 0.3 is 0 Å². The second kappa shape index (κ2) is 6.27. The van der Waals surface area contributed by atoms with Crippen LogP contribution < -0.4 is 0 Å². The summed E-state index contributed by atoms with van der Waals surface area (Å²) in [6.45, 7) is 7.36. The van der Waals surface area contributed by atoms with Crippen molar-refractivity contribution in [1.29, 1.82) is 0 Å². The van der Waals surface area contributed by atoms with Crippen molar-refractivity contribution < 1.29 is 13.9 Å². The maximum atomic E-state index is 13.3. The number of aliphatic hydroxyl groups is 1. The third-order valence-corrected chi connectivity index (χ3v) is 2.23. The van der Waals surface area contributed by atoms with Crippen molar-refractivity contribution in [2.45, 2.75) is 33.1 Å². The Balaban J connectivity index is 5.17. The van der Waals surface area contributed by atoms with Crippen LogP contribution in [0.5, 0.6) is 0 Å². The first-order chi connectivity index (χ1) is 7.68. The van der Waals surface area contributed by atoms with E-state index in [-0.39, 0.29) is 17.8 Å². The Bertz CT molecular complexity index is 376. The van der Waals surface area contributed by atoms with Crippen molar-refractivity contribution in [1.82, 2.24) is 0 Å². The maximum absolute atomic E-state index is 13.3. The fraction of sp³-hybridized carbons (Fsp3) is 0.500. The Kier molecular flexibility index (Phi) is 5.71. The molecule has 0 aliphatic carbocycles. The molecule has 0 bridgehead atoms. The quantitative estimate of drug-likeness (QED) is 0.434. The lowest BCUT2D eigenvalue weighted by atomic mass is 10.00. The lowest BCUT2D eigenvalue weighted by Gasteiger charge is -2.16. The van der Waals surface area contributed by atoms with Crippen LogP contribution >= 0.6 is 0 Å². The molecule has 0 atom stereocenters. The largest absolute Gasteiger partial charge is 0.509 e. The minimum Gasteiger partial charge on any atom is -0.509 e. The van der Waals surface area contributed by atoms with E-state index in [4.69, 9.17) is 5.11 Å². The highest BCUT2D eigenvalue weighted by Gasteiger charge is 2.27. The SMILES string of the molecule is C=C(O)/C=C(\CC(C)=C(C)/N=N\C)C(C)(F)F. The van der Waals surface area contributed by atoms with E-state index in [2.05, 4.69) is 16.8 Å². The molecule has 0 aromatic carbocycles. The van der Waals surface area contributed by atoms with Gasteiger partial charge in [0.05, 0.1) is 5.70 Å². The number of alkyl halides is 2. The third kappa shape index (κ3) is 5.94. The first-order valence-electron chi connectivity index (χ1n) is 5.11. The lowest BCUT2D eigenvalue weighted by molar-refractivity contribution is 0.0604. The van der Waals surface area contributed by atoms with Gasteiger partial charge in [-0.25, -0.2) is 8.78 Å². The van der Waals surface area contributed by atoms with E-state index in [1.54, 1.807) is 13.8 Å². The molecule has 5 heteroatoms. The van der Waals surface area contributed by atoms with Gasteiger partial charge in [0.1, 0.15) is 5.76 Å². The third-order valence-electron chi connectivity index (χ3n) is 2.23. The van der Waals surface area contributed by atoms with Gasteiger partial charge in [-0.2, -0.15) is 10.2 Å². The summed E-state index contributed by atoms with van der Waals surface area (Å²) < 4.78 is 26.5. The first-order valence-corrected chi connectivity index (χ1v) is 5.11. The molecule has 0 amide bonds. The summed E-state index contributed by atoms with van der Waals surface area (Å²) in [5.41, 5.74) is 1.06. The maximum Gasteiger partial charge on any atom is 0.267 e. The van der Waals surface area contributed by atoms with Gasteiger partial charge in [0.2, 0.25) is 0 Å². The molecule has 17 heavy (non-hydrogen) atoms. The topological polar surface area (TPSA) is 45.0 Å². The van der Waals surface area contributed by atoms with Crippen molar-refractivity contribution in [3.63, 3.8) is 0 Å². The molecular formula is C12H18F2N2O. The van der Waals surface area contributed by atoms with Crippen molar-refractivity contribution in [2.75, 3.05) is 7.05 Å². The summed E-state index contributed by atoms with van der Waals surface area (Å²) in [5.74, 6) is -3.39. The van der Waals surface area contributed by atoms with Crippen LogP contribution in [0.4, 0.5) is 8.78 Å². The van der Waals surface area contributed by atoms with E-state index in [0.717, 1.165) is 13.0 Å². The van der Waals surface area contributed by atoms with E-state index < -0.39 is 5.92 Å². The molecule has 0 rings (SSSR count). The Morgan fingerprint density at radius 3 is 2.29 bits per heavy atom. The average molecular weight is 244 g/mol. The highest BCUT2D eigenvalue weighted by Crippen LogP contribution is 2.30. The van der Waals surface area contributed by atoms with Gasteiger partial charge in [0.15, 0.2) is 0 Å². The molecule has 0 aliphatic rings. The van der Waals surface area contributed by atoms with Crippen LogP contribution in [0, 0.1) is 0 Å². The summed E-state index contributed by atoms with van der Waals surface area (Å²) in [5, 5.41) is 16.3. The van der Waals surface area contributed by atoms with E-state index >= 15 is 0 Å². The molecule has 0 heterocycles. The number of rotatable bonds is 5. The number of nitrogens with zero attached hydrogens (tertiary/aromatic N) is 2. The number of allylic oxidation sites excluding steroid dienone is 4. The average Bonchev–Trinajstić information content (AvgIpc) is 2.14. The summed E-state index contributed by atoms with van der Waals surface area (Å²) in [6.07, 6.45) is 1.01. The van der Waals surface area contributed by atoms with Crippen LogP contribution in [-0.4, -0.2) is 18.1 Å². The van der Waals surface area contributed by atoms with E-state index in [1.165, 1.54) is 7.05 Å². The molecular weight excluding hydrogens is 226 g/mol. The van der Waals surface area contributed by atoms with Gasteiger partial charge < -0.3 is 5.11 Å². The molecule has 0 spiro atoms. The highest BCUT2D eigenvalue weighted by molar-refractivity contribution is 5.27. The second-order valence-electron chi connectivity index (χ2n) is 3.89. The molecule has 96 valence electrons. The standard InChI is InChI=1S/C12H18F2N2O/c1-8(10(3)16-15-5)6-11(7-9(2)17)12(4,13)14/h7,17H,2,6H2,1,3-5H3/b10-8?,11-7+,16-15-. The highest BCUT2D eigenvalue weighted by atomic mass is 19.3. The lowest BCUT2D eigenvalue weighted by Crippen LogP contribution is -2.14. The van der Waals surface area contributed by atoms with Crippen molar-refractivity contribution in [2.24, 2.45) is 10.2 Å². The zero-order valence-electron chi connectivity index (χ0n) is 10.6. The van der Waals surface area contributed by atoms with E-state index in [0.29, 0.717) is 11.3 Å². The van der Waals surface area contributed by atoms with Gasteiger partial charge in [0, 0.05) is 19.5 Å². The Hall–Kier alpha value is -1.52. The minimum atomic E-state index is -3.00. The molecule has 0 saturated carbocycles. The number of halogens is 2. The van der Waals surface area contributed by atoms with Crippen molar-refractivity contribution >= 4 is 0 Å². The molecule has 0 aromatic heterocycles. The number of hydrogen-bond donors (Lipinski definition) is 1. The smallest absolute Gasteiger partial charge is 0.267 e. The number of aliphatic hydroxyl groups excluding tert-OH is 1. The van der Waals surface area contributed by atoms with Crippen LogP contribution in [-0.2, 0) is 0 Å². The summed E-state index contributed by atoms with van der Waals surface area (Å²) in [6, 6.07) is 0. The predicted molar refractivity (Wildman–Crippen MR) is 64.2 cm³/mol. The molecule has 0 unspecified atom stereocenters. The fourth-order valence-corrected chi connectivity index (χ4v) is 1.18. The molecule has 0 radical (unpaired) electrons. The van der Waals surface area contributed by atoms with Gasteiger partial charge in [-0.3, -0.25) is 0 Å². The molecule has 0 fully saturated rings. The zero-order valence-corrected chi connectivity index (χ0v) is 10.6. The van der Waals surface area contributed by atoms with E-state index in [1.807, 2.05) is 0 Å². The summed E-state index contributed by atoms with van der Waals surface area (Å²) >= 11 is 0. The van der Waals surface area contributed by atoms with E-state index in [9.17, 15) is 8.78 Å². The Labute approximate surface area is 100 Å². The van der Waals surface area contributed by atoms with Crippen molar-refractivity contribution in [3.8, 4) is 0 Å². The fourth-order valence-electron chi connectivity index (χ4n) is 1.18. The monoisotopic (exact) mass is 244 g/mol. The molecule has 0 aliphatic heterocycles. The van der Waals surface area contributed by atoms with Crippen LogP contribution in [0.15, 0.2) is 45.5 Å². The second-order valence-corrected chi connectivity index (χ2v) is 3.89. The van der Waals surface area contributed by atoms with Crippen LogP contribution in [0.25, 0.3) is 0 Å².